The van der Waals surface area contributed by atoms with Crippen LogP contribution in [-0.2, 0) is 9.59 Å². The van der Waals surface area contributed by atoms with Gasteiger partial charge in [0.1, 0.15) is 6.04 Å². The van der Waals surface area contributed by atoms with Crippen LogP contribution in [0.1, 0.15) is 6.92 Å². The predicted molar refractivity (Wildman–Crippen MR) is 56.3 cm³/mol. The quantitative estimate of drug-likeness (QED) is 0.623. The van der Waals surface area contributed by atoms with E-state index in [0.29, 0.717) is 0 Å². The maximum Gasteiger partial charge on any atom is 0.326 e. The fourth-order valence-electron chi connectivity index (χ4n) is 1.89. The van der Waals surface area contributed by atoms with Crippen molar-refractivity contribution >= 4 is 24.2 Å². The van der Waals surface area contributed by atoms with Gasteiger partial charge in [0.25, 0.3) is 5.91 Å². The van der Waals surface area contributed by atoms with Crippen LogP contribution < -0.4 is 5.32 Å². The van der Waals surface area contributed by atoms with Gasteiger partial charge >= 0.3 is 12.0 Å². The highest BCUT2D eigenvalue weighted by atomic mass is 16.4. The molecule has 1 fully saturated rings. The summed E-state index contributed by atoms with van der Waals surface area (Å²) in [4.78, 5) is 40.6. The summed E-state index contributed by atoms with van der Waals surface area (Å²) in [6.45, 7) is 1.46. The minimum Gasteiger partial charge on any atom is -0.480 e. The number of imide groups is 1. The number of fused-ring (bicyclic) bond motifs is 1. The van der Waals surface area contributed by atoms with Gasteiger partial charge in [-0.25, -0.2) is 14.6 Å². The number of nitrogens with one attached hydrogen (secondary N) is 1. The number of urea groups is 1. The van der Waals surface area contributed by atoms with Crippen LogP contribution >= 0.6 is 0 Å². The van der Waals surface area contributed by atoms with Gasteiger partial charge in [-0.3, -0.25) is 10.1 Å². The highest BCUT2D eigenvalue weighted by Crippen LogP contribution is 2.22. The number of nitrogens with zero attached hydrogens (tertiary/aromatic N) is 3. The van der Waals surface area contributed by atoms with Crippen molar-refractivity contribution in [1.82, 2.24) is 15.1 Å². The van der Waals surface area contributed by atoms with Crippen LogP contribution in [0, 0.1) is 0 Å². The fraction of sp³-hybridized carbons (Fsp3) is 0.556. The van der Waals surface area contributed by atoms with Crippen molar-refractivity contribution in [3.05, 3.63) is 0 Å². The van der Waals surface area contributed by atoms with Crippen molar-refractivity contribution in [1.29, 1.82) is 0 Å². The van der Waals surface area contributed by atoms with Gasteiger partial charge in [0.05, 0.1) is 6.34 Å². The van der Waals surface area contributed by atoms with Crippen molar-refractivity contribution in [2.24, 2.45) is 4.99 Å². The molecule has 1 saturated heterocycles. The molecular formula is C9H12N4O4. The summed E-state index contributed by atoms with van der Waals surface area (Å²) in [5, 5.41) is 11.1. The number of carbonyl (C=O) groups is 3. The second-order valence-corrected chi connectivity index (χ2v) is 3.99. The molecule has 2 heterocycles. The summed E-state index contributed by atoms with van der Waals surface area (Å²) in [7, 11) is 1.51. The Hall–Kier alpha value is -2.12. The average molecular weight is 240 g/mol. The van der Waals surface area contributed by atoms with Crippen molar-refractivity contribution in [2.45, 2.75) is 25.2 Å². The van der Waals surface area contributed by atoms with E-state index in [9.17, 15) is 14.4 Å². The summed E-state index contributed by atoms with van der Waals surface area (Å²) in [6, 6.07) is -2.18. The minimum absolute atomic E-state index is 0.524. The molecule has 2 rings (SSSR count). The number of carboxylic acid groups (broad SMARTS) is 1. The van der Waals surface area contributed by atoms with Crippen LogP contribution in [0.25, 0.3) is 0 Å². The first-order chi connectivity index (χ1) is 7.93. The molecule has 8 nitrogen and oxygen atoms in total. The number of aliphatic carboxylic acids is 1. The largest absolute Gasteiger partial charge is 0.480 e. The number of hydrogen-bond donors (Lipinski definition) is 2. The lowest BCUT2D eigenvalue weighted by molar-refractivity contribution is -0.142. The molecule has 17 heavy (non-hydrogen) atoms. The lowest BCUT2D eigenvalue weighted by Crippen LogP contribution is -2.64. The van der Waals surface area contributed by atoms with Crippen molar-refractivity contribution in [3.8, 4) is 0 Å². The lowest BCUT2D eigenvalue weighted by atomic mass is 10.1. The second kappa shape index (κ2) is 3.72. The molecule has 3 atom stereocenters. The molecular weight excluding hydrogens is 228 g/mol. The third-order valence-corrected chi connectivity index (χ3v) is 2.98. The SMILES string of the molecule is CC(C(=O)O)N1C=NC2C1C(=O)NC(=O)N2C. The maximum absolute atomic E-state index is 11.7. The molecule has 0 spiro atoms. The maximum atomic E-state index is 11.7. The Kier molecular flexibility index (Phi) is 2.49. The fourth-order valence-corrected chi connectivity index (χ4v) is 1.89. The number of carboxylic acids is 1. The van der Waals surface area contributed by atoms with Gasteiger partial charge < -0.3 is 14.9 Å². The third-order valence-electron chi connectivity index (χ3n) is 2.98. The summed E-state index contributed by atoms with van der Waals surface area (Å²) in [5.41, 5.74) is 0. The summed E-state index contributed by atoms with van der Waals surface area (Å²) in [5.74, 6) is -1.58. The highest BCUT2D eigenvalue weighted by molar-refractivity contribution is 6.02. The molecule has 0 aromatic rings. The Morgan fingerprint density at radius 1 is 1.59 bits per heavy atom. The number of carbonyl (C=O) groups excluding carboxylic acids is 2. The van der Waals surface area contributed by atoms with Gasteiger partial charge in [0.15, 0.2) is 12.2 Å². The normalized spacial score (nSPS) is 29.1. The molecule has 0 aliphatic carbocycles. The second-order valence-electron chi connectivity index (χ2n) is 3.99. The number of rotatable bonds is 2. The van der Waals surface area contributed by atoms with Crippen LogP contribution in [0.4, 0.5) is 4.79 Å². The van der Waals surface area contributed by atoms with E-state index in [1.54, 1.807) is 0 Å². The van der Waals surface area contributed by atoms with E-state index in [1.165, 1.54) is 30.1 Å². The van der Waals surface area contributed by atoms with Gasteiger partial charge in [0, 0.05) is 7.05 Å². The Morgan fingerprint density at radius 2 is 2.24 bits per heavy atom. The van der Waals surface area contributed by atoms with E-state index in [4.69, 9.17) is 5.11 Å². The molecule has 0 radical (unpaired) electrons. The molecule has 0 bridgehead atoms. The molecule has 0 aromatic heterocycles. The first-order valence-electron chi connectivity index (χ1n) is 5.04. The zero-order valence-corrected chi connectivity index (χ0v) is 9.32. The van der Waals surface area contributed by atoms with Crippen LogP contribution in [-0.4, -0.2) is 64.4 Å². The minimum atomic E-state index is -1.05. The van der Waals surface area contributed by atoms with Gasteiger partial charge in [-0.15, -0.1) is 0 Å². The summed E-state index contributed by atoms with van der Waals surface area (Å²) >= 11 is 0. The van der Waals surface area contributed by atoms with Crippen LogP contribution in [0.3, 0.4) is 0 Å². The third kappa shape index (κ3) is 1.61. The van der Waals surface area contributed by atoms with E-state index in [0.717, 1.165) is 0 Å². The summed E-state index contributed by atoms with van der Waals surface area (Å²) in [6.07, 6.45) is 0.654. The topological polar surface area (TPSA) is 102 Å². The molecule has 8 heteroatoms. The molecule has 0 aromatic carbocycles. The van der Waals surface area contributed by atoms with E-state index < -0.39 is 36.2 Å². The standard InChI is InChI=1S/C9H12N4O4/c1-4(8(15)16)13-3-10-6-5(13)7(14)11-9(17)12(6)2/h3-6H,1-2H3,(H,15,16)(H,11,14,17). The van der Waals surface area contributed by atoms with E-state index in [-0.39, 0.29) is 0 Å². The zero-order chi connectivity index (χ0) is 12.7. The van der Waals surface area contributed by atoms with Crippen LogP contribution in [0.5, 0.6) is 0 Å². The van der Waals surface area contributed by atoms with E-state index in [1.807, 2.05) is 0 Å². The predicted octanol–water partition coefficient (Wildman–Crippen LogP) is -1.32. The van der Waals surface area contributed by atoms with Crippen LogP contribution in [0.2, 0.25) is 0 Å². The van der Waals surface area contributed by atoms with E-state index in [2.05, 4.69) is 10.3 Å². The van der Waals surface area contributed by atoms with Crippen molar-refractivity contribution in [2.75, 3.05) is 7.05 Å². The monoisotopic (exact) mass is 240 g/mol. The Labute approximate surface area is 96.9 Å². The van der Waals surface area contributed by atoms with E-state index >= 15 is 0 Å². The van der Waals surface area contributed by atoms with Crippen molar-refractivity contribution < 1.29 is 19.5 Å². The first kappa shape index (κ1) is 11.4. The molecule has 0 saturated carbocycles. The smallest absolute Gasteiger partial charge is 0.326 e. The van der Waals surface area contributed by atoms with Crippen molar-refractivity contribution in [3.63, 3.8) is 0 Å². The number of aliphatic imine (C=N–C) groups is 1. The molecule has 2 aliphatic rings. The van der Waals surface area contributed by atoms with Crippen LogP contribution in [0.15, 0.2) is 4.99 Å². The molecule has 92 valence electrons. The molecule has 2 aliphatic heterocycles. The Balaban J connectivity index is 2.27. The number of amides is 3. The van der Waals surface area contributed by atoms with Gasteiger partial charge in [-0.05, 0) is 6.92 Å². The lowest BCUT2D eigenvalue weighted by Gasteiger charge is -2.36. The zero-order valence-electron chi connectivity index (χ0n) is 9.32. The number of hydrogen-bond acceptors (Lipinski definition) is 5. The molecule has 2 N–H and O–H groups in total. The Bertz CT molecular complexity index is 421. The molecule has 3 amide bonds. The van der Waals surface area contributed by atoms with Gasteiger partial charge in [-0.2, -0.15) is 0 Å². The molecule has 3 unspecified atom stereocenters. The first-order valence-corrected chi connectivity index (χ1v) is 5.04. The van der Waals surface area contributed by atoms with Gasteiger partial charge in [-0.1, -0.05) is 0 Å². The average Bonchev–Trinajstić information content (AvgIpc) is 2.69. The Morgan fingerprint density at radius 3 is 2.82 bits per heavy atom. The highest BCUT2D eigenvalue weighted by Gasteiger charge is 2.47. The number of likely N-dealkylation sites (N-methyl/N-ethyl adjacent to an activating group) is 1. The summed E-state index contributed by atoms with van der Waals surface area (Å²) < 4.78 is 0. The van der Waals surface area contributed by atoms with Gasteiger partial charge in [0.2, 0.25) is 0 Å².